The first kappa shape index (κ1) is 29.7. The van der Waals surface area contributed by atoms with Crippen molar-refractivity contribution >= 4 is 50.0 Å². The zero-order valence-corrected chi connectivity index (χ0v) is 26.1. The zero-order chi connectivity index (χ0) is 31.0. The lowest BCUT2D eigenvalue weighted by molar-refractivity contribution is -0.147. The van der Waals surface area contributed by atoms with Crippen LogP contribution in [0.4, 0.5) is 0 Å². The number of carboxylic acid groups (broad SMARTS) is 1. The molecule has 7 rings (SSSR count). The number of hydrogen-bond acceptors (Lipinski definition) is 6. The molecule has 7 nitrogen and oxygen atoms in total. The Balaban J connectivity index is 1.18. The number of amides is 1. The number of carboxylic acids is 1. The van der Waals surface area contributed by atoms with Gasteiger partial charge in [0.15, 0.2) is 5.78 Å². The van der Waals surface area contributed by atoms with Crippen molar-refractivity contribution in [2.45, 2.75) is 69.9 Å². The van der Waals surface area contributed by atoms with Crippen LogP contribution in [0.2, 0.25) is 0 Å². The molecule has 3 aliphatic rings. The van der Waals surface area contributed by atoms with Gasteiger partial charge in [0.2, 0.25) is 5.91 Å². The predicted molar refractivity (Wildman–Crippen MR) is 175 cm³/mol. The second-order valence-corrected chi connectivity index (χ2v) is 14.0. The normalized spacial score (nSPS) is 28.2. The van der Waals surface area contributed by atoms with Gasteiger partial charge in [0.05, 0.1) is 28.2 Å². The van der Waals surface area contributed by atoms with Crippen LogP contribution in [0.3, 0.4) is 0 Å². The molecule has 0 unspecified atom stereocenters. The third-order valence-electron chi connectivity index (χ3n) is 9.95. The number of fused-ring (bicyclic) bond motifs is 4. The van der Waals surface area contributed by atoms with Gasteiger partial charge in [0, 0.05) is 18.8 Å². The van der Waals surface area contributed by atoms with E-state index in [9.17, 15) is 19.5 Å². The molecule has 1 saturated heterocycles. The van der Waals surface area contributed by atoms with Crippen LogP contribution in [0.1, 0.15) is 56.9 Å². The molecule has 2 aliphatic heterocycles. The number of Topliss-reactive ketones (excluding diaryl/α,β-unsaturated/α-hetero) is 1. The van der Waals surface area contributed by atoms with Gasteiger partial charge in [-0.05, 0) is 66.5 Å². The number of thiazole rings is 1. The smallest absolute Gasteiger partial charge is 0.310 e. The second-order valence-electron chi connectivity index (χ2n) is 13.0. The summed E-state index contributed by atoms with van der Waals surface area (Å²) in [5.74, 6) is -1.59. The van der Waals surface area contributed by atoms with Crippen LogP contribution in [0.25, 0.3) is 21.0 Å². The molecule has 0 bridgehead atoms. The number of aromatic nitrogens is 1. The van der Waals surface area contributed by atoms with Gasteiger partial charge in [-0.1, -0.05) is 90.9 Å². The van der Waals surface area contributed by atoms with Gasteiger partial charge >= 0.3 is 5.97 Å². The number of hydrogen-bond donors (Lipinski definition) is 1. The molecule has 1 amide bonds. The maximum absolute atomic E-state index is 14.5. The Hall–Kier alpha value is -4.04. The van der Waals surface area contributed by atoms with Crippen LogP contribution in [0.15, 0.2) is 78.9 Å². The summed E-state index contributed by atoms with van der Waals surface area (Å²) in [7, 11) is 0. The van der Waals surface area contributed by atoms with Gasteiger partial charge in [-0.3, -0.25) is 14.4 Å². The van der Waals surface area contributed by atoms with Gasteiger partial charge in [-0.15, -0.1) is 0 Å². The molecule has 4 aromatic rings. The van der Waals surface area contributed by atoms with Crippen LogP contribution >= 0.6 is 11.3 Å². The maximum atomic E-state index is 14.5. The highest BCUT2D eigenvalue weighted by atomic mass is 32.1. The number of nitrogens with zero attached hydrogens (tertiary/aromatic N) is 2. The Bertz CT molecular complexity index is 1750. The van der Waals surface area contributed by atoms with Crippen LogP contribution in [0, 0.1) is 17.3 Å². The van der Waals surface area contributed by atoms with Crippen molar-refractivity contribution in [2.75, 3.05) is 6.54 Å². The number of carbonyl (C=O) groups excluding carboxylic acids is 2. The summed E-state index contributed by atoms with van der Waals surface area (Å²) >= 11 is 1.45. The molecule has 0 spiro atoms. The molecule has 1 aliphatic carbocycles. The minimum Gasteiger partial charge on any atom is -0.481 e. The first-order valence-corrected chi connectivity index (χ1v) is 16.9. The molecule has 3 heterocycles. The molecule has 1 aromatic heterocycles. The summed E-state index contributed by atoms with van der Waals surface area (Å²) in [6.45, 7) is 0.281. The minimum atomic E-state index is -1.08. The van der Waals surface area contributed by atoms with E-state index in [0.717, 1.165) is 58.7 Å². The highest BCUT2D eigenvalue weighted by molar-refractivity contribution is 7.20. The van der Waals surface area contributed by atoms with Crippen molar-refractivity contribution in [3.8, 4) is 5.19 Å². The number of allylic oxidation sites excluding steroid dienone is 2. The first-order valence-electron chi connectivity index (χ1n) is 16.1. The molecule has 8 heteroatoms. The third kappa shape index (κ3) is 6.12. The Labute approximate surface area is 266 Å². The van der Waals surface area contributed by atoms with Gasteiger partial charge in [-0.25, -0.2) is 4.98 Å². The monoisotopic (exact) mass is 622 g/mol. The van der Waals surface area contributed by atoms with Gasteiger partial charge < -0.3 is 14.7 Å². The summed E-state index contributed by atoms with van der Waals surface area (Å²) in [4.78, 5) is 47.3. The molecular formula is C37H38N2O5S. The van der Waals surface area contributed by atoms with E-state index < -0.39 is 23.5 Å². The summed E-state index contributed by atoms with van der Waals surface area (Å²) in [5.41, 5.74) is 0.867. The Morgan fingerprint density at radius 2 is 1.84 bits per heavy atom. The quantitative estimate of drug-likeness (QED) is 0.236. The second kappa shape index (κ2) is 12.4. The maximum Gasteiger partial charge on any atom is 0.310 e. The number of para-hydroxylation sites is 1. The van der Waals surface area contributed by atoms with Gasteiger partial charge in [0.25, 0.3) is 5.19 Å². The van der Waals surface area contributed by atoms with Crippen molar-refractivity contribution in [1.82, 2.24) is 9.88 Å². The van der Waals surface area contributed by atoms with E-state index >= 15 is 0 Å². The number of ketones is 1. The van der Waals surface area contributed by atoms with Crippen molar-refractivity contribution in [3.63, 3.8) is 0 Å². The van der Waals surface area contributed by atoms with Crippen LogP contribution in [0.5, 0.6) is 5.19 Å². The lowest BCUT2D eigenvalue weighted by Crippen LogP contribution is -2.45. The van der Waals surface area contributed by atoms with E-state index in [1.54, 1.807) is 4.90 Å². The van der Waals surface area contributed by atoms with Gasteiger partial charge in [0.1, 0.15) is 6.10 Å². The van der Waals surface area contributed by atoms with Crippen molar-refractivity contribution in [3.05, 3.63) is 84.4 Å². The molecular weight excluding hydrogens is 584 g/mol. The van der Waals surface area contributed by atoms with E-state index in [1.807, 2.05) is 42.5 Å². The van der Waals surface area contributed by atoms with E-state index in [0.29, 0.717) is 24.5 Å². The molecule has 0 radical (unpaired) electrons. The first-order chi connectivity index (χ1) is 21.9. The molecule has 1 N–H and O–H groups in total. The van der Waals surface area contributed by atoms with E-state index in [2.05, 4.69) is 41.4 Å². The highest BCUT2D eigenvalue weighted by Crippen LogP contribution is 2.57. The number of carbonyl (C=O) groups is 3. The summed E-state index contributed by atoms with van der Waals surface area (Å²) in [6, 6.07) is 21.7. The molecule has 1 saturated carbocycles. The molecule has 232 valence electrons. The Morgan fingerprint density at radius 1 is 1.02 bits per heavy atom. The summed E-state index contributed by atoms with van der Waals surface area (Å²) in [5, 5.41) is 13.0. The summed E-state index contributed by atoms with van der Waals surface area (Å²) < 4.78 is 7.36. The lowest BCUT2D eigenvalue weighted by atomic mass is 9.90. The van der Waals surface area contributed by atoms with Gasteiger partial charge in [-0.2, -0.15) is 0 Å². The number of aliphatic carboxylic acids is 1. The molecule has 5 atom stereocenters. The average Bonchev–Trinajstić information content (AvgIpc) is 3.35. The molecule has 45 heavy (non-hydrogen) atoms. The van der Waals surface area contributed by atoms with Crippen molar-refractivity contribution in [2.24, 2.45) is 17.3 Å². The fraction of sp³-hybridized carbons (Fsp3) is 0.405. The molecule has 3 aromatic carbocycles. The van der Waals surface area contributed by atoms with Crippen molar-refractivity contribution < 1.29 is 24.2 Å². The fourth-order valence-corrected chi connectivity index (χ4v) is 8.18. The summed E-state index contributed by atoms with van der Waals surface area (Å²) in [6.07, 6.45) is 9.50. The Morgan fingerprint density at radius 3 is 2.69 bits per heavy atom. The number of benzene rings is 3. The highest BCUT2D eigenvalue weighted by Gasteiger charge is 2.61. The zero-order valence-electron chi connectivity index (χ0n) is 25.3. The van der Waals surface area contributed by atoms with E-state index in [1.165, 1.54) is 11.3 Å². The van der Waals surface area contributed by atoms with Crippen LogP contribution < -0.4 is 4.74 Å². The topological polar surface area (TPSA) is 96.8 Å². The van der Waals surface area contributed by atoms with Crippen molar-refractivity contribution in [1.29, 1.82) is 0 Å². The van der Waals surface area contributed by atoms with Crippen LogP contribution in [-0.4, -0.2) is 51.3 Å². The number of rotatable bonds is 5. The third-order valence-corrected chi connectivity index (χ3v) is 10.9. The predicted octanol–water partition coefficient (Wildman–Crippen LogP) is 7.23. The van der Waals surface area contributed by atoms with E-state index in [-0.39, 0.29) is 36.5 Å². The van der Waals surface area contributed by atoms with E-state index in [4.69, 9.17) is 4.74 Å². The minimum absolute atomic E-state index is 0.0402. The Kier molecular flexibility index (Phi) is 8.17. The fourth-order valence-electron chi connectivity index (χ4n) is 7.30. The average molecular weight is 623 g/mol. The SMILES string of the molecule is O=C1C[C@]2(C(=O)O)C[C@H]2/C=C\CCCCC[C@H](Cc2ccc3ccccc3c2)C(=O)N2C[C@H](Oc3nc4ccccc4s3)C[C@@H]12. The largest absolute Gasteiger partial charge is 0.481 e. The lowest BCUT2D eigenvalue weighted by Gasteiger charge is -2.29. The van der Waals surface area contributed by atoms with Crippen LogP contribution in [-0.2, 0) is 20.8 Å². The standard InChI is InChI=1S/C37H38N2O5S/c40-32-22-37(35(42)43)21-28(37)13-5-3-1-2-4-12-27(19-24-16-17-25-10-6-7-11-26(25)18-24)34(41)39-23-29(20-31(32)39)44-36-38-30-14-8-9-15-33(30)45-36/h5-11,13-18,27-29,31H,1-4,12,19-23H2,(H,42,43)/b13-5-/t27-,28-,29-,31+,37-/m1/s1. The molecule has 2 fully saturated rings. The number of ether oxygens (including phenoxy) is 1.